The SMILES string of the molecule is Cc1cccc(Cl)c1SCc1cccc(C(=O)N2CCOCC2)n1. The minimum absolute atomic E-state index is 0.0286. The Balaban J connectivity index is 1.70. The van der Waals surface area contributed by atoms with Crippen LogP contribution in [0.3, 0.4) is 0 Å². The average Bonchev–Trinajstić information content (AvgIpc) is 2.62. The standard InChI is InChI=1S/C18H19ClN2O2S/c1-13-4-2-6-15(19)17(13)24-12-14-5-3-7-16(20-14)18(22)21-8-10-23-11-9-21/h2-7H,8-12H2,1H3. The molecule has 0 spiro atoms. The molecule has 2 heterocycles. The summed E-state index contributed by atoms with van der Waals surface area (Å²) in [6.45, 7) is 4.47. The van der Waals surface area contributed by atoms with E-state index in [-0.39, 0.29) is 5.91 Å². The summed E-state index contributed by atoms with van der Waals surface area (Å²) in [7, 11) is 0. The lowest BCUT2D eigenvalue weighted by molar-refractivity contribution is 0.0299. The Labute approximate surface area is 151 Å². The van der Waals surface area contributed by atoms with Crippen LogP contribution in [0.25, 0.3) is 0 Å². The molecule has 1 fully saturated rings. The molecule has 0 aliphatic carbocycles. The summed E-state index contributed by atoms with van der Waals surface area (Å²) < 4.78 is 5.29. The third-order valence-electron chi connectivity index (χ3n) is 3.85. The van der Waals surface area contributed by atoms with Crippen LogP contribution in [0, 0.1) is 6.92 Å². The van der Waals surface area contributed by atoms with Gasteiger partial charge in [-0.25, -0.2) is 4.98 Å². The monoisotopic (exact) mass is 362 g/mol. The highest BCUT2D eigenvalue weighted by Gasteiger charge is 2.19. The lowest BCUT2D eigenvalue weighted by Gasteiger charge is -2.26. The van der Waals surface area contributed by atoms with Gasteiger partial charge in [-0.3, -0.25) is 4.79 Å². The number of carbonyl (C=O) groups is 1. The topological polar surface area (TPSA) is 42.4 Å². The molecule has 126 valence electrons. The third kappa shape index (κ3) is 4.09. The predicted octanol–water partition coefficient (Wildman–Crippen LogP) is 3.81. The molecule has 6 heteroatoms. The van der Waals surface area contributed by atoms with Crippen LogP contribution in [0.2, 0.25) is 5.02 Å². The lowest BCUT2D eigenvalue weighted by Crippen LogP contribution is -2.41. The molecule has 24 heavy (non-hydrogen) atoms. The summed E-state index contributed by atoms with van der Waals surface area (Å²) >= 11 is 7.91. The van der Waals surface area contributed by atoms with Gasteiger partial charge in [-0.05, 0) is 30.7 Å². The van der Waals surface area contributed by atoms with Crippen molar-refractivity contribution in [1.82, 2.24) is 9.88 Å². The molecule has 1 aromatic carbocycles. The Morgan fingerprint density at radius 1 is 1.25 bits per heavy atom. The minimum atomic E-state index is -0.0286. The van der Waals surface area contributed by atoms with Crippen LogP contribution in [0.4, 0.5) is 0 Å². The van der Waals surface area contributed by atoms with Gasteiger partial charge in [0.1, 0.15) is 5.69 Å². The number of pyridine rings is 1. The van der Waals surface area contributed by atoms with E-state index in [1.54, 1.807) is 22.7 Å². The summed E-state index contributed by atoms with van der Waals surface area (Å²) in [5.41, 5.74) is 2.51. The number of aromatic nitrogens is 1. The number of thioether (sulfide) groups is 1. The van der Waals surface area contributed by atoms with Crippen molar-refractivity contribution in [3.05, 3.63) is 58.4 Å². The zero-order valence-corrected chi connectivity index (χ0v) is 15.1. The Morgan fingerprint density at radius 3 is 2.75 bits per heavy atom. The van der Waals surface area contributed by atoms with Crippen LogP contribution < -0.4 is 0 Å². The smallest absolute Gasteiger partial charge is 0.272 e. The van der Waals surface area contributed by atoms with Gasteiger partial charge in [-0.15, -0.1) is 11.8 Å². The van der Waals surface area contributed by atoms with E-state index in [0.29, 0.717) is 37.8 Å². The summed E-state index contributed by atoms with van der Waals surface area (Å²) in [6, 6.07) is 11.5. The Kier molecular flexibility index (Phi) is 5.76. The normalized spacial score (nSPS) is 14.7. The molecule has 0 saturated carbocycles. The van der Waals surface area contributed by atoms with Gasteiger partial charge in [0.2, 0.25) is 0 Å². The molecule has 1 saturated heterocycles. The van der Waals surface area contributed by atoms with E-state index in [9.17, 15) is 4.79 Å². The summed E-state index contributed by atoms with van der Waals surface area (Å²) in [4.78, 5) is 19.9. The molecule has 0 radical (unpaired) electrons. The van der Waals surface area contributed by atoms with E-state index in [1.807, 2.05) is 37.3 Å². The van der Waals surface area contributed by atoms with E-state index in [4.69, 9.17) is 16.3 Å². The Hall–Kier alpha value is -1.56. The zero-order valence-electron chi connectivity index (χ0n) is 13.5. The van der Waals surface area contributed by atoms with E-state index < -0.39 is 0 Å². The number of rotatable bonds is 4. The second-order valence-corrected chi connectivity index (χ2v) is 6.99. The summed E-state index contributed by atoms with van der Waals surface area (Å²) in [6.07, 6.45) is 0. The second-order valence-electron chi connectivity index (χ2n) is 5.59. The fraction of sp³-hybridized carbons (Fsp3) is 0.333. The molecule has 0 N–H and O–H groups in total. The number of morpholine rings is 1. The number of carbonyl (C=O) groups excluding carboxylic acids is 1. The lowest BCUT2D eigenvalue weighted by atomic mass is 10.2. The number of benzene rings is 1. The van der Waals surface area contributed by atoms with Gasteiger partial charge in [-0.1, -0.05) is 29.8 Å². The molecule has 4 nitrogen and oxygen atoms in total. The van der Waals surface area contributed by atoms with Crippen molar-refractivity contribution in [2.24, 2.45) is 0 Å². The first-order valence-corrected chi connectivity index (χ1v) is 9.22. The van der Waals surface area contributed by atoms with Crippen LogP contribution >= 0.6 is 23.4 Å². The third-order valence-corrected chi connectivity index (χ3v) is 5.55. The van der Waals surface area contributed by atoms with Crippen molar-refractivity contribution in [3.8, 4) is 0 Å². The number of halogens is 1. The molecule has 1 aliphatic rings. The largest absolute Gasteiger partial charge is 0.378 e. The van der Waals surface area contributed by atoms with E-state index in [2.05, 4.69) is 4.98 Å². The zero-order chi connectivity index (χ0) is 16.9. The van der Waals surface area contributed by atoms with Crippen molar-refractivity contribution >= 4 is 29.3 Å². The molecule has 2 aromatic rings. The van der Waals surface area contributed by atoms with Gasteiger partial charge in [-0.2, -0.15) is 0 Å². The van der Waals surface area contributed by atoms with Crippen LogP contribution in [0.15, 0.2) is 41.3 Å². The van der Waals surface area contributed by atoms with Gasteiger partial charge in [0.15, 0.2) is 0 Å². The van der Waals surface area contributed by atoms with Crippen molar-refractivity contribution in [2.75, 3.05) is 26.3 Å². The number of hydrogen-bond acceptors (Lipinski definition) is 4. The Morgan fingerprint density at radius 2 is 2.00 bits per heavy atom. The first-order valence-electron chi connectivity index (χ1n) is 7.86. The average molecular weight is 363 g/mol. The number of nitrogens with zero attached hydrogens (tertiary/aromatic N) is 2. The van der Waals surface area contributed by atoms with Crippen molar-refractivity contribution < 1.29 is 9.53 Å². The van der Waals surface area contributed by atoms with Gasteiger partial charge in [0.05, 0.1) is 23.9 Å². The van der Waals surface area contributed by atoms with Gasteiger partial charge in [0, 0.05) is 23.7 Å². The van der Waals surface area contributed by atoms with Gasteiger partial charge < -0.3 is 9.64 Å². The van der Waals surface area contributed by atoms with Gasteiger partial charge >= 0.3 is 0 Å². The first kappa shape index (κ1) is 17.3. The second kappa shape index (κ2) is 8.01. The molecular weight excluding hydrogens is 344 g/mol. The van der Waals surface area contributed by atoms with Crippen LogP contribution in [0.1, 0.15) is 21.7 Å². The molecule has 0 atom stereocenters. The maximum atomic E-state index is 12.5. The maximum Gasteiger partial charge on any atom is 0.272 e. The molecule has 3 rings (SSSR count). The first-order chi connectivity index (χ1) is 11.6. The van der Waals surface area contributed by atoms with E-state index in [1.165, 1.54) is 0 Å². The highest BCUT2D eigenvalue weighted by atomic mass is 35.5. The highest BCUT2D eigenvalue weighted by molar-refractivity contribution is 7.98. The fourth-order valence-electron chi connectivity index (χ4n) is 2.55. The number of hydrogen-bond donors (Lipinski definition) is 0. The fourth-order valence-corrected chi connectivity index (χ4v) is 3.89. The number of amides is 1. The molecule has 1 amide bonds. The quantitative estimate of drug-likeness (QED) is 0.776. The predicted molar refractivity (Wildman–Crippen MR) is 96.7 cm³/mol. The Bertz CT molecular complexity index is 712. The van der Waals surface area contributed by atoms with Crippen LogP contribution in [-0.2, 0) is 10.5 Å². The summed E-state index contributed by atoms with van der Waals surface area (Å²) in [5, 5.41) is 0.751. The van der Waals surface area contributed by atoms with Crippen molar-refractivity contribution in [3.63, 3.8) is 0 Å². The summed E-state index contributed by atoms with van der Waals surface area (Å²) in [5.74, 6) is 0.647. The maximum absolute atomic E-state index is 12.5. The van der Waals surface area contributed by atoms with Gasteiger partial charge in [0.25, 0.3) is 5.91 Å². The number of aryl methyl sites for hydroxylation is 1. The van der Waals surface area contributed by atoms with E-state index in [0.717, 1.165) is 21.2 Å². The molecule has 1 aliphatic heterocycles. The molecule has 0 unspecified atom stereocenters. The highest BCUT2D eigenvalue weighted by Crippen LogP contribution is 2.32. The van der Waals surface area contributed by atoms with Crippen molar-refractivity contribution in [1.29, 1.82) is 0 Å². The molecular formula is C18H19ClN2O2S. The van der Waals surface area contributed by atoms with Crippen LogP contribution in [0.5, 0.6) is 0 Å². The van der Waals surface area contributed by atoms with Crippen molar-refractivity contribution in [2.45, 2.75) is 17.6 Å². The molecule has 0 bridgehead atoms. The minimum Gasteiger partial charge on any atom is -0.378 e. The number of ether oxygens (including phenoxy) is 1. The molecule has 1 aromatic heterocycles. The van der Waals surface area contributed by atoms with E-state index >= 15 is 0 Å². The van der Waals surface area contributed by atoms with Crippen LogP contribution in [-0.4, -0.2) is 42.1 Å².